The highest BCUT2D eigenvalue weighted by Crippen LogP contribution is 1.91. The van der Waals surface area contributed by atoms with Crippen LogP contribution >= 0.6 is 0 Å². The summed E-state index contributed by atoms with van der Waals surface area (Å²) in [5.74, 6) is 0.844. The maximum absolute atomic E-state index is 4.10. The first kappa shape index (κ1) is 13.7. The van der Waals surface area contributed by atoms with Gasteiger partial charge in [-0.1, -0.05) is 18.7 Å². The van der Waals surface area contributed by atoms with Crippen molar-refractivity contribution in [1.82, 2.24) is 10.6 Å². The number of hydrogen-bond acceptors (Lipinski definition) is 2. The molecule has 0 amide bonds. The second-order valence-electron chi connectivity index (χ2n) is 3.18. The van der Waals surface area contributed by atoms with Crippen LogP contribution in [0.4, 0.5) is 0 Å². The standard InChI is InChI=1S/C12H21N3/c1-5-6-10-15-12(14-4)9-7-8-11(2)13-3/h5-7,9-11,13H,1,8H2,2-4H3,(H,14,15)/b9-7-,10-6+. The molecule has 0 radical (unpaired) electrons. The molecule has 0 aromatic carbocycles. The Morgan fingerprint density at radius 2 is 2.27 bits per heavy atom. The van der Waals surface area contributed by atoms with Crippen LogP contribution in [0.3, 0.4) is 0 Å². The Labute approximate surface area is 92.7 Å². The molecule has 2 N–H and O–H groups in total. The molecule has 3 nitrogen and oxygen atoms in total. The summed E-state index contributed by atoms with van der Waals surface area (Å²) in [6.45, 7) is 5.72. The van der Waals surface area contributed by atoms with Crippen LogP contribution in [0.1, 0.15) is 13.3 Å². The van der Waals surface area contributed by atoms with Gasteiger partial charge in [0.05, 0.1) is 0 Å². The maximum atomic E-state index is 4.10. The Morgan fingerprint density at radius 3 is 2.80 bits per heavy atom. The van der Waals surface area contributed by atoms with Gasteiger partial charge in [-0.05, 0) is 32.5 Å². The highest BCUT2D eigenvalue weighted by Gasteiger charge is 1.93. The largest absolute Gasteiger partial charge is 0.347 e. The number of aliphatic imine (C=N–C) groups is 1. The Hall–Kier alpha value is -1.35. The molecule has 0 aromatic heterocycles. The highest BCUT2D eigenvalue weighted by atomic mass is 15.0. The molecule has 0 saturated heterocycles. The van der Waals surface area contributed by atoms with Crippen LogP contribution in [0.2, 0.25) is 0 Å². The number of allylic oxidation sites excluding steroid dienone is 2. The van der Waals surface area contributed by atoms with Crippen LogP contribution in [-0.4, -0.2) is 26.0 Å². The molecule has 0 aliphatic rings. The fourth-order valence-electron chi connectivity index (χ4n) is 0.890. The molecule has 84 valence electrons. The van der Waals surface area contributed by atoms with E-state index < -0.39 is 0 Å². The number of rotatable bonds is 6. The third-order valence-electron chi connectivity index (χ3n) is 1.96. The van der Waals surface area contributed by atoms with E-state index in [0.29, 0.717) is 6.04 Å². The van der Waals surface area contributed by atoms with Gasteiger partial charge in [0.15, 0.2) is 0 Å². The van der Waals surface area contributed by atoms with Crippen LogP contribution in [0.5, 0.6) is 0 Å². The minimum Gasteiger partial charge on any atom is -0.347 e. The Balaban J connectivity index is 3.99. The van der Waals surface area contributed by atoms with E-state index >= 15 is 0 Å². The molecule has 0 spiro atoms. The van der Waals surface area contributed by atoms with E-state index in [1.165, 1.54) is 0 Å². The number of hydrogen-bond donors (Lipinski definition) is 2. The predicted molar refractivity (Wildman–Crippen MR) is 68.1 cm³/mol. The van der Waals surface area contributed by atoms with Crippen molar-refractivity contribution in [3.05, 3.63) is 37.1 Å². The molecule has 0 saturated carbocycles. The zero-order valence-corrected chi connectivity index (χ0v) is 9.83. The molecule has 0 aromatic rings. The highest BCUT2D eigenvalue weighted by molar-refractivity contribution is 5.93. The van der Waals surface area contributed by atoms with Crippen molar-refractivity contribution in [2.24, 2.45) is 4.99 Å². The normalized spacial score (nSPS) is 14.7. The molecule has 0 bridgehead atoms. The van der Waals surface area contributed by atoms with Gasteiger partial charge in [0.2, 0.25) is 0 Å². The number of amidine groups is 1. The summed E-state index contributed by atoms with van der Waals surface area (Å²) < 4.78 is 0. The second-order valence-corrected chi connectivity index (χ2v) is 3.18. The molecule has 0 aliphatic heterocycles. The van der Waals surface area contributed by atoms with E-state index in [2.05, 4.69) is 35.2 Å². The molecule has 0 heterocycles. The van der Waals surface area contributed by atoms with Gasteiger partial charge >= 0.3 is 0 Å². The van der Waals surface area contributed by atoms with Crippen molar-refractivity contribution >= 4 is 5.84 Å². The molecule has 0 aliphatic carbocycles. The average Bonchev–Trinajstić information content (AvgIpc) is 2.26. The van der Waals surface area contributed by atoms with Crippen LogP contribution in [0.15, 0.2) is 42.1 Å². The summed E-state index contributed by atoms with van der Waals surface area (Å²) in [6.07, 6.45) is 10.4. The second kappa shape index (κ2) is 9.21. The third kappa shape index (κ3) is 7.70. The molecular weight excluding hydrogens is 186 g/mol. The van der Waals surface area contributed by atoms with Crippen molar-refractivity contribution in [2.45, 2.75) is 19.4 Å². The molecule has 3 heteroatoms. The predicted octanol–water partition coefficient (Wildman–Crippen LogP) is 1.86. The van der Waals surface area contributed by atoms with Gasteiger partial charge in [0, 0.05) is 19.3 Å². The third-order valence-corrected chi connectivity index (χ3v) is 1.96. The monoisotopic (exact) mass is 207 g/mol. The number of nitrogens with zero attached hydrogens (tertiary/aromatic N) is 1. The van der Waals surface area contributed by atoms with E-state index in [0.717, 1.165) is 12.3 Å². The van der Waals surface area contributed by atoms with Crippen molar-refractivity contribution in [2.75, 3.05) is 14.1 Å². The van der Waals surface area contributed by atoms with Gasteiger partial charge in [-0.15, -0.1) is 0 Å². The summed E-state index contributed by atoms with van der Waals surface area (Å²) in [4.78, 5) is 4.10. The quantitative estimate of drug-likeness (QED) is 0.396. The lowest BCUT2D eigenvalue weighted by atomic mass is 10.2. The van der Waals surface area contributed by atoms with E-state index in [1.54, 1.807) is 19.3 Å². The van der Waals surface area contributed by atoms with E-state index in [-0.39, 0.29) is 0 Å². The average molecular weight is 207 g/mol. The lowest BCUT2D eigenvalue weighted by Gasteiger charge is -2.05. The Kier molecular flexibility index (Phi) is 8.39. The van der Waals surface area contributed by atoms with Crippen LogP contribution in [0, 0.1) is 0 Å². The lowest BCUT2D eigenvalue weighted by molar-refractivity contribution is 0.620. The van der Waals surface area contributed by atoms with E-state index in [1.807, 2.05) is 19.2 Å². The summed E-state index contributed by atoms with van der Waals surface area (Å²) in [6, 6.07) is 0.489. The summed E-state index contributed by atoms with van der Waals surface area (Å²) >= 11 is 0. The minimum absolute atomic E-state index is 0.489. The fourth-order valence-corrected chi connectivity index (χ4v) is 0.890. The summed E-state index contributed by atoms with van der Waals surface area (Å²) in [7, 11) is 3.72. The topological polar surface area (TPSA) is 36.4 Å². The van der Waals surface area contributed by atoms with Gasteiger partial charge in [0.25, 0.3) is 0 Å². The zero-order chi connectivity index (χ0) is 11.5. The zero-order valence-electron chi connectivity index (χ0n) is 9.83. The van der Waals surface area contributed by atoms with Gasteiger partial charge in [-0.2, -0.15) is 0 Å². The van der Waals surface area contributed by atoms with Crippen molar-refractivity contribution in [3.63, 3.8) is 0 Å². The van der Waals surface area contributed by atoms with Crippen molar-refractivity contribution < 1.29 is 0 Å². The molecule has 0 fully saturated rings. The van der Waals surface area contributed by atoms with Crippen molar-refractivity contribution in [3.8, 4) is 0 Å². The Morgan fingerprint density at radius 1 is 1.53 bits per heavy atom. The van der Waals surface area contributed by atoms with Gasteiger partial charge in [0.1, 0.15) is 5.84 Å². The van der Waals surface area contributed by atoms with E-state index in [9.17, 15) is 0 Å². The van der Waals surface area contributed by atoms with Gasteiger partial charge < -0.3 is 10.6 Å². The molecule has 1 unspecified atom stereocenters. The molecule has 15 heavy (non-hydrogen) atoms. The smallest absolute Gasteiger partial charge is 0.124 e. The summed E-state index contributed by atoms with van der Waals surface area (Å²) in [5.41, 5.74) is 0. The maximum Gasteiger partial charge on any atom is 0.124 e. The summed E-state index contributed by atoms with van der Waals surface area (Å²) in [5, 5.41) is 6.22. The molecule has 1 atom stereocenters. The molecule has 0 rings (SSSR count). The van der Waals surface area contributed by atoms with Crippen LogP contribution in [0.25, 0.3) is 0 Å². The van der Waals surface area contributed by atoms with Gasteiger partial charge in [-0.3, -0.25) is 4.99 Å². The fraction of sp³-hybridized carbons (Fsp3) is 0.417. The Bertz CT molecular complexity index is 252. The number of nitrogens with one attached hydrogen (secondary N) is 2. The van der Waals surface area contributed by atoms with Gasteiger partial charge in [-0.25, -0.2) is 0 Å². The molecular formula is C12H21N3. The van der Waals surface area contributed by atoms with Crippen LogP contribution < -0.4 is 10.6 Å². The first-order chi connectivity index (χ1) is 7.24. The van der Waals surface area contributed by atoms with E-state index in [4.69, 9.17) is 0 Å². The minimum atomic E-state index is 0.489. The SMILES string of the molecule is C=C/C=C/NC(/C=C\CC(C)NC)=NC. The lowest BCUT2D eigenvalue weighted by Crippen LogP contribution is -2.20. The van der Waals surface area contributed by atoms with Crippen molar-refractivity contribution in [1.29, 1.82) is 0 Å². The van der Waals surface area contributed by atoms with Crippen LogP contribution in [-0.2, 0) is 0 Å². The first-order valence-electron chi connectivity index (χ1n) is 5.09. The first-order valence-corrected chi connectivity index (χ1v) is 5.09.